The van der Waals surface area contributed by atoms with E-state index in [4.69, 9.17) is 9.47 Å². The van der Waals surface area contributed by atoms with Crippen molar-refractivity contribution in [1.29, 1.82) is 0 Å². The van der Waals surface area contributed by atoms with Gasteiger partial charge in [-0.15, -0.1) is 0 Å². The summed E-state index contributed by atoms with van der Waals surface area (Å²) in [6, 6.07) is 4.45. The van der Waals surface area contributed by atoms with E-state index in [1.807, 2.05) is 13.8 Å². The zero-order chi connectivity index (χ0) is 12.4. The molecule has 0 N–H and O–H groups in total. The van der Waals surface area contributed by atoms with E-state index in [2.05, 4.69) is 0 Å². The molecular formula is C12H15NO4. The van der Waals surface area contributed by atoms with Crippen LogP contribution in [0.15, 0.2) is 18.2 Å². The maximum atomic E-state index is 10.7. The second-order valence-electron chi connectivity index (χ2n) is 4.37. The van der Waals surface area contributed by atoms with E-state index >= 15 is 0 Å². The summed E-state index contributed by atoms with van der Waals surface area (Å²) in [5, 5.41) is 10.7. The third-order valence-electron chi connectivity index (χ3n) is 2.32. The van der Waals surface area contributed by atoms with Crippen LogP contribution in [0.2, 0.25) is 0 Å². The van der Waals surface area contributed by atoms with Gasteiger partial charge in [0.1, 0.15) is 0 Å². The maximum absolute atomic E-state index is 10.7. The minimum atomic E-state index is -0.432. The van der Waals surface area contributed by atoms with Crippen LogP contribution in [0.25, 0.3) is 0 Å². The van der Waals surface area contributed by atoms with Gasteiger partial charge in [-0.1, -0.05) is 0 Å². The largest absolute Gasteiger partial charge is 0.487 e. The van der Waals surface area contributed by atoms with Crippen LogP contribution < -0.4 is 9.47 Å². The molecule has 0 spiro atoms. The van der Waals surface area contributed by atoms with Crippen LogP contribution in [-0.2, 0) is 0 Å². The Morgan fingerprint density at radius 2 is 2.06 bits per heavy atom. The lowest BCUT2D eigenvalue weighted by molar-refractivity contribution is -0.385. The Morgan fingerprint density at radius 3 is 2.59 bits per heavy atom. The van der Waals surface area contributed by atoms with Gasteiger partial charge in [0, 0.05) is 6.07 Å². The van der Waals surface area contributed by atoms with Crippen LogP contribution in [0, 0.1) is 10.1 Å². The van der Waals surface area contributed by atoms with E-state index in [0.29, 0.717) is 11.5 Å². The van der Waals surface area contributed by atoms with Crippen LogP contribution in [0.4, 0.5) is 5.69 Å². The number of rotatable bonds is 5. The van der Waals surface area contributed by atoms with Crippen molar-refractivity contribution in [2.75, 3.05) is 0 Å². The number of ether oxygens (including phenoxy) is 2. The van der Waals surface area contributed by atoms with Gasteiger partial charge in [0.05, 0.1) is 23.2 Å². The molecule has 0 bridgehead atoms. The Hall–Kier alpha value is -1.78. The van der Waals surface area contributed by atoms with Crippen molar-refractivity contribution in [3.63, 3.8) is 0 Å². The van der Waals surface area contributed by atoms with Gasteiger partial charge in [-0.05, 0) is 32.8 Å². The first-order chi connectivity index (χ1) is 8.06. The van der Waals surface area contributed by atoms with Crippen LogP contribution in [0.3, 0.4) is 0 Å². The molecule has 0 heterocycles. The van der Waals surface area contributed by atoms with Gasteiger partial charge >= 0.3 is 0 Å². The van der Waals surface area contributed by atoms with Crippen LogP contribution in [0.1, 0.15) is 26.7 Å². The average Bonchev–Trinajstić information content (AvgIpc) is 3.03. The summed E-state index contributed by atoms with van der Waals surface area (Å²) >= 11 is 0. The number of nitrogens with zero attached hydrogens (tertiary/aromatic N) is 1. The molecule has 0 unspecified atom stereocenters. The van der Waals surface area contributed by atoms with Crippen LogP contribution >= 0.6 is 0 Å². The van der Waals surface area contributed by atoms with Crippen molar-refractivity contribution in [2.45, 2.75) is 38.9 Å². The van der Waals surface area contributed by atoms with Crippen molar-refractivity contribution in [3.05, 3.63) is 28.3 Å². The molecule has 5 nitrogen and oxygen atoms in total. The van der Waals surface area contributed by atoms with Crippen LogP contribution in [-0.4, -0.2) is 17.1 Å². The fourth-order valence-electron chi connectivity index (χ4n) is 1.42. The van der Waals surface area contributed by atoms with Gasteiger partial charge in [0.25, 0.3) is 5.69 Å². The molecule has 17 heavy (non-hydrogen) atoms. The van der Waals surface area contributed by atoms with Gasteiger partial charge in [-0.3, -0.25) is 10.1 Å². The number of benzene rings is 1. The van der Waals surface area contributed by atoms with Crippen molar-refractivity contribution in [2.24, 2.45) is 0 Å². The Labute approximate surface area is 99.5 Å². The highest BCUT2D eigenvalue weighted by Crippen LogP contribution is 2.36. The van der Waals surface area contributed by atoms with Gasteiger partial charge in [0.2, 0.25) is 0 Å². The first-order valence-corrected chi connectivity index (χ1v) is 5.68. The minimum Gasteiger partial charge on any atom is -0.487 e. The standard InChI is InChI=1S/C12H15NO4/c1-8(2)16-11-6-3-9(13(14)15)7-12(11)17-10-4-5-10/h3,6-8,10H,4-5H2,1-2H3. The quantitative estimate of drug-likeness (QED) is 0.583. The Kier molecular flexibility index (Phi) is 3.17. The van der Waals surface area contributed by atoms with Gasteiger partial charge < -0.3 is 9.47 Å². The molecule has 1 aliphatic carbocycles. The Balaban J connectivity index is 2.25. The second-order valence-corrected chi connectivity index (χ2v) is 4.37. The molecule has 2 rings (SSSR count). The number of hydrogen-bond acceptors (Lipinski definition) is 4. The summed E-state index contributed by atoms with van der Waals surface area (Å²) in [5.74, 6) is 1.04. The van der Waals surface area contributed by atoms with E-state index < -0.39 is 4.92 Å². The molecule has 0 aliphatic heterocycles. The van der Waals surface area contributed by atoms with Gasteiger partial charge in [-0.2, -0.15) is 0 Å². The van der Waals surface area contributed by atoms with E-state index in [9.17, 15) is 10.1 Å². The number of nitro benzene ring substituents is 1. The third kappa shape index (κ3) is 3.09. The lowest BCUT2D eigenvalue weighted by atomic mass is 10.2. The lowest BCUT2D eigenvalue weighted by Gasteiger charge is -2.14. The summed E-state index contributed by atoms with van der Waals surface area (Å²) in [7, 11) is 0. The van der Waals surface area contributed by atoms with E-state index in [1.165, 1.54) is 12.1 Å². The smallest absolute Gasteiger partial charge is 0.273 e. The highest BCUT2D eigenvalue weighted by Gasteiger charge is 2.26. The van der Waals surface area contributed by atoms with Gasteiger partial charge in [0.15, 0.2) is 11.5 Å². The summed E-state index contributed by atoms with van der Waals surface area (Å²) in [6.45, 7) is 3.81. The molecule has 0 amide bonds. The highest BCUT2D eigenvalue weighted by atomic mass is 16.6. The van der Waals surface area contributed by atoms with E-state index in [-0.39, 0.29) is 17.9 Å². The molecule has 1 aromatic rings. The summed E-state index contributed by atoms with van der Waals surface area (Å²) < 4.78 is 11.2. The number of hydrogen-bond donors (Lipinski definition) is 0. The zero-order valence-corrected chi connectivity index (χ0v) is 9.88. The van der Waals surface area contributed by atoms with Gasteiger partial charge in [-0.25, -0.2) is 0 Å². The fraction of sp³-hybridized carbons (Fsp3) is 0.500. The first-order valence-electron chi connectivity index (χ1n) is 5.68. The van der Waals surface area contributed by atoms with Crippen molar-refractivity contribution >= 4 is 5.69 Å². The topological polar surface area (TPSA) is 61.6 Å². The Bertz CT molecular complexity index is 427. The maximum Gasteiger partial charge on any atom is 0.273 e. The van der Waals surface area contributed by atoms with Crippen molar-refractivity contribution < 1.29 is 14.4 Å². The average molecular weight is 237 g/mol. The normalized spacial score (nSPS) is 14.8. The van der Waals surface area contributed by atoms with E-state index in [1.54, 1.807) is 6.07 Å². The Morgan fingerprint density at radius 1 is 1.35 bits per heavy atom. The molecule has 92 valence electrons. The molecule has 1 saturated carbocycles. The molecule has 0 saturated heterocycles. The molecule has 5 heteroatoms. The zero-order valence-electron chi connectivity index (χ0n) is 9.88. The molecule has 0 atom stereocenters. The number of non-ortho nitro benzene ring substituents is 1. The SMILES string of the molecule is CC(C)Oc1ccc([N+](=O)[O-])cc1OC1CC1. The minimum absolute atomic E-state index is 0.0120. The molecule has 1 aliphatic rings. The van der Waals surface area contributed by atoms with Crippen molar-refractivity contribution in [3.8, 4) is 11.5 Å². The lowest BCUT2D eigenvalue weighted by Crippen LogP contribution is -2.08. The number of nitro groups is 1. The summed E-state index contributed by atoms with van der Waals surface area (Å²) in [5.41, 5.74) is 0.0248. The molecule has 0 radical (unpaired) electrons. The molecule has 0 aromatic heterocycles. The fourth-order valence-corrected chi connectivity index (χ4v) is 1.42. The summed E-state index contributed by atoms with van der Waals surface area (Å²) in [6.07, 6.45) is 2.21. The summed E-state index contributed by atoms with van der Waals surface area (Å²) in [4.78, 5) is 10.3. The molecule has 1 fully saturated rings. The predicted molar refractivity (Wildman–Crippen MR) is 62.5 cm³/mol. The van der Waals surface area contributed by atoms with Crippen LogP contribution in [0.5, 0.6) is 11.5 Å². The predicted octanol–water partition coefficient (Wildman–Crippen LogP) is 2.92. The third-order valence-corrected chi connectivity index (χ3v) is 2.32. The first kappa shape index (κ1) is 11.7. The van der Waals surface area contributed by atoms with E-state index in [0.717, 1.165) is 12.8 Å². The second kappa shape index (κ2) is 4.61. The highest BCUT2D eigenvalue weighted by molar-refractivity contribution is 5.48. The molecular weight excluding hydrogens is 222 g/mol. The molecule has 1 aromatic carbocycles. The van der Waals surface area contributed by atoms with Crippen molar-refractivity contribution in [1.82, 2.24) is 0 Å². The monoisotopic (exact) mass is 237 g/mol.